The number of aryl methyl sites for hydroxylation is 1. The molecular weight excluding hydrogens is 310 g/mol. The number of hydrogen-bond donors (Lipinski definition) is 2. The van der Waals surface area contributed by atoms with Gasteiger partial charge >= 0.3 is 0 Å². The third kappa shape index (κ3) is 6.82. The van der Waals surface area contributed by atoms with Crippen molar-refractivity contribution in [2.45, 2.75) is 20.8 Å². The molecule has 1 aliphatic heterocycles. The van der Waals surface area contributed by atoms with Crippen LogP contribution in [-0.4, -0.2) is 55.2 Å². The molecule has 1 saturated heterocycles. The Labute approximate surface area is 152 Å². The molecule has 1 aliphatic rings. The van der Waals surface area contributed by atoms with Gasteiger partial charge in [0.15, 0.2) is 0 Å². The summed E-state index contributed by atoms with van der Waals surface area (Å²) in [6.07, 6.45) is 1.93. The first-order chi connectivity index (χ1) is 12.2. The van der Waals surface area contributed by atoms with Gasteiger partial charge in [-0.15, -0.1) is 0 Å². The lowest BCUT2D eigenvalue weighted by molar-refractivity contribution is 0.178. The minimum absolute atomic E-state index is 0.912. The number of nitrogens with zero attached hydrogens (tertiary/aromatic N) is 3. The standard InChI is InChI=1S/C17H22N4.C2H6.CH5N/c1-14-3-5-15(6-4-14)16-7-8-17(18-13-16)19-21-11-9-20(2)10-12-21;2*1-2/h3-8,13H,9-12H2,1-2H3,(H,18,19);1-2H3;2H2,1H3. The predicted octanol–water partition coefficient (Wildman–Crippen LogP) is 3.23. The van der Waals surface area contributed by atoms with Crippen LogP contribution in [0.5, 0.6) is 0 Å². The molecule has 3 rings (SSSR count). The molecule has 1 fully saturated rings. The molecule has 5 nitrogen and oxygen atoms in total. The Morgan fingerprint density at radius 1 is 0.880 bits per heavy atom. The highest BCUT2D eigenvalue weighted by atomic mass is 15.5. The molecule has 25 heavy (non-hydrogen) atoms. The number of pyridine rings is 1. The van der Waals surface area contributed by atoms with E-state index in [1.54, 1.807) is 0 Å². The summed E-state index contributed by atoms with van der Waals surface area (Å²) < 4.78 is 0. The summed E-state index contributed by atoms with van der Waals surface area (Å²) in [5.74, 6) is 0.912. The molecule has 0 radical (unpaired) electrons. The molecular formula is C20H33N5. The maximum atomic E-state index is 4.52. The van der Waals surface area contributed by atoms with Gasteiger partial charge in [0.05, 0.1) is 0 Å². The van der Waals surface area contributed by atoms with Crippen LogP contribution >= 0.6 is 0 Å². The number of hydrogen-bond acceptors (Lipinski definition) is 5. The topological polar surface area (TPSA) is 57.4 Å². The summed E-state index contributed by atoms with van der Waals surface area (Å²) in [6.45, 7) is 10.3. The van der Waals surface area contributed by atoms with Crippen LogP contribution in [0.4, 0.5) is 5.82 Å². The Balaban J connectivity index is 0.000000730. The number of nitrogens with two attached hydrogens (primary N) is 1. The maximum absolute atomic E-state index is 4.52. The zero-order chi connectivity index (χ0) is 18.7. The van der Waals surface area contributed by atoms with Crippen molar-refractivity contribution in [2.75, 3.05) is 45.7 Å². The molecule has 0 spiro atoms. The zero-order valence-electron chi connectivity index (χ0n) is 16.3. The van der Waals surface area contributed by atoms with Gasteiger partial charge < -0.3 is 16.1 Å². The van der Waals surface area contributed by atoms with E-state index in [0.717, 1.165) is 37.6 Å². The van der Waals surface area contributed by atoms with Crippen LogP contribution in [-0.2, 0) is 0 Å². The molecule has 0 saturated carbocycles. The van der Waals surface area contributed by atoms with Crippen LogP contribution in [0.25, 0.3) is 11.1 Å². The van der Waals surface area contributed by atoms with E-state index in [1.807, 2.05) is 26.1 Å². The highest BCUT2D eigenvalue weighted by Crippen LogP contribution is 2.20. The fraction of sp³-hybridized carbons (Fsp3) is 0.450. The first kappa shape index (κ1) is 21.1. The lowest BCUT2D eigenvalue weighted by atomic mass is 10.1. The third-order valence-corrected chi connectivity index (χ3v) is 3.92. The number of rotatable bonds is 3. The van der Waals surface area contributed by atoms with Gasteiger partial charge in [0.2, 0.25) is 0 Å². The molecule has 0 amide bonds. The molecule has 0 atom stereocenters. The summed E-state index contributed by atoms with van der Waals surface area (Å²) in [4.78, 5) is 6.86. The summed E-state index contributed by atoms with van der Waals surface area (Å²) in [6, 6.07) is 12.7. The Hall–Kier alpha value is -1.95. The Morgan fingerprint density at radius 2 is 1.44 bits per heavy atom. The van der Waals surface area contributed by atoms with Crippen LogP contribution in [0, 0.1) is 6.92 Å². The zero-order valence-corrected chi connectivity index (χ0v) is 16.3. The second-order valence-corrected chi connectivity index (χ2v) is 5.70. The second kappa shape index (κ2) is 11.6. The van der Waals surface area contributed by atoms with Gasteiger partial charge in [-0.1, -0.05) is 43.7 Å². The molecule has 1 aromatic carbocycles. The number of hydrazine groups is 1. The fourth-order valence-electron chi connectivity index (χ4n) is 2.46. The summed E-state index contributed by atoms with van der Waals surface area (Å²) in [5, 5.41) is 2.23. The van der Waals surface area contributed by atoms with E-state index in [-0.39, 0.29) is 0 Å². The SMILES string of the molecule is CC.CN.Cc1ccc(-c2ccc(NN3CCN(C)CC3)nc2)cc1. The van der Waals surface area contributed by atoms with Crippen LogP contribution in [0.1, 0.15) is 19.4 Å². The van der Waals surface area contributed by atoms with Crippen LogP contribution in [0.2, 0.25) is 0 Å². The summed E-state index contributed by atoms with van der Waals surface area (Å²) in [5.41, 5.74) is 11.5. The van der Waals surface area contributed by atoms with Gasteiger partial charge in [-0.05, 0) is 38.7 Å². The van der Waals surface area contributed by atoms with E-state index in [1.165, 1.54) is 18.2 Å². The Kier molecular flexibility index (Phi) is 9.77. The first-order valence-electron chi connectivity index (χ1n) is 9.02. The Bertz CT molecular complexity index is 572. The third-order valence-electron chi connectivity index (χ3n) is 3.92. The van der Waals surface area contributed by atoms with Crippen LogP contribution in [0.3, 0.4) is 0 Å². The molecule has 1 aromatic heterocycles. The summed E-state index contributed by atoms with van der Waals surface area (Å²) in [7, 11) is 3.66. The normalized spacial score (nSPS) is 14.6. The largest absolute Gasteiger partial charge is 0.333 e. The predicted molar refractivity (Wildman–Crippen MR) is 109 cm³/mol. The average Bonchev–Trinajstić information content (AvgIpc) is 2.68. The molecule has 5 heteroatoms. The highest BCUT2D eigenvalue weighted by molar-refractivity contribution is 5.63. The van der Waals surface area contributed by atoms with E-state index in [4.69, 9.17) is 0 Å². The lowest BCUT2D eigenvalue weighted by Gasteiger charge is -2.32. The van der Waals surface area contributed by atoms with Gasteiger partial charge in [0.25, 0.3) is 0 Å². The van der Waals surface area contributed by atoms with Crippen molar-refractivity contribution < 1.29 is 0 Å². The molecule has 0 aliphatic carbocycles. The van der Waals surface area contributed by atoms with E-state index in [9.17, 15) is 0 Å². The van der Waals surface area contributed by atoms with Crippen molar-refractivity contribution in [1.29, 1.82) is 0 Å². The van der Waals surface area contributed by atoms with Gasteiger partial charge in [-0.2, -0.15) is 0 Å². The summed E-state index contributed by atoms with van der Waals surface area (Å²) >= 11 is 0. The molecule has 2 aromatic rings. The van der Waals surface area contributed by atoms with Crippen molar-refractivity contribution in [2.24, 2.45) is 5.73 Å². The number of benzene rings is 1. The number of anilines is 1. The smallest absolute Gasteiger partial charge is 0.140 e. The number of aromatic nitrogens is 1. The minimum atomic E-state index is 0.912. The van der Waals surface area contributed by atoms with Crippen molar-refractivity contribution in [3.05, 3.63) is 48.2 Å². The van der Waals surface area contributed by atoms with Crippen molar-refractivity contribution >= 4 is 5.82 Å². The van der Waals surface area contributed by atoms with Crippen LogP contribution < -0.4 is 11.2 Å². The van der Waals surface area contributed by atoms with E-state index in [0.29, 0.717) is 0 Å². The lowest BCUT2D eigenvalue weighted by Crippen LogP contribution is -2.47. The molecule has 2 heterocycles. The maximum Gasteiger partial charge on any atom is 0.140 e. The number of nitrogens with one attached hydrogen (secondary N) is 1. The van der Waals surface area contributed by atoms with E-state index < -0.39 is 0 Å². The van der Waals surface area contributed by atoms with Gasteiger partial charge in [-0.25, -0.2) is 9.99 Å². The quantitative estimate of drug-likeness (QED) is 0.896. The van der Waals surface area contributed by atoms with E-state index in [2.05, 4.69) is 70.4 Å². The van der Waals surface area contributed by atoms with Crippen molar-refractivity contribution in [3.63, 3.8) is 0 Å². The minimum Gasteiger partial charge on any atom is -0.333 e. The molecule has 0 bridgehead atoms. The van der Waals surface area contributed by atoms with E-state index >= 15 is 0 Å². The van der Waals surface area contributed by atoms with Crippen molar-refractivity contribution in [3.8, 4) is 11.1 Å². The molecule has 138 valence electrons. The molecule has 3 N–H and O–H groups in total. The Morgan fingerprint density at radius 3 is 1.96 bits per heavy atom. The monoisotopic (exact) mass is 343 g/mol. The molecule has 0 unspecified atom stereocenters. The first-order valence-corrected chi connectivity index (χ1v) is 9.02. The number of piperazine rings is 1. The second-order valence-electron chi connectivity index (χ2n) is 5.70. The van der Waals surface area contributed by atoms with Gasteiger partial charge in [0.1, 0.15) is 5.82 Å². The van der Waals surface area contributed by atoms with Crippen LogP contribution in [0.15, 0.2) is 42.6 Å². The average molecular weight is 344 g/mol. The fourth-order valence-corrected chi connectivity index (χ4v) is 2.46. The highest BCUT2D eigenvalue weighted by Gasteiger charge is 2.13. The van der Waals surface area contributed by atoms with Gasteiger partial charge in [-0.3, -0.25) is 0 Å². The van der Waals surface area contributed by atoms with Crippen molar-refractivity contribution in [1.82, 2.24) is 14.9 Å². The van der Waals surface area contributed by atoms with Gasteiger partial charge in [0, 0.05) is 37.9 Å². The number of likely N-dealkylation sites (N-methyl/N-ethyl adjacent to an activating group) is 1.